The van der Waals surface area contributed by atoms with Crippen LogP contribution in [-0.4, -0.2) is 38.9 Å². The standard InChI is InChI=1S/C21H25N3O3S/c1-22-21(23-12-14-8-9-17(26-2)18(10-14)27-3)24-13-16(25)20-11-15-6-4-5-7-19(15)28-20/h4-11,16,25H,12-13H2,1-3H3,(H2,22,23,24). The van der Waals surface area contributed by atoms with Crippen LogP contribution in [0.1, 0.15) is 16.5 Å². The van der Waals surface area contributed by atoms with Crippen LogP contribution in [0, 0.1) is 0 Å². The third-order valence-corrected chi connectivity index (χ3v) is 5.58. The van der Waals surface area contributed by atoms with E-state index in [1.54, 1.807) is 32.6 Å². The van der Waals surface area contributed by atoms with Gasteiger partial charge in [0.15, 0.2) is 17.5 Å². The van der Waals surface area contributed by atoms with Gasteiger partial charge in [-0.1, -0.05) is 24.3 Å². The van der Waals surface area contributed by atoms with Crippen molar-refractivity contribution in [3.63, 3.8) is 0 Å². The zero-order valence-electron chi connectivity index (χ0n) is 16.2. The number of aliphatic hydroxyl groups is 1. The molecule has 0 amide bonds. The molecule has 2 aromatic carbocycles. The lowest BCUT2D eigenvalue weighted by molar-refractivity contribution is 0.184. The minimum absolute atomic E-state index is 0.373. The molecule has 1 heterocycles. The van der Waals surface area contributed by atoms with Gasteiger partial charge in [-0.05, 0) is 35.2 Å². The van der Waals surface area contributed by atoms with Gasteiger partial charge in [0.1, 0.15) is 6.10 Å². The maximum atomic E-state index is 10.5. The molecule has 148 valence electrons. The van der Waals surface area contributed by atoms with Gasteiger partial charge in [0.2, 0.25) is 0 Å². The Morgan fingerprint density at radius 1 is 1.07 bits per heavy atom. The SMILES string of the molecule is CN=C(NCc1ccc(OC)c(OC)c1)NCC(O)c1cc2ccccc2s1. The number of aliphatic hydroxyl groups excluding tert-OH is 1. The number of nitrogens with zero attached hydrogens (tertiary/aromatic N) is 1. The maximum absolute atomic E-state index is 10.5. The number of hydrogen-bond acceptors (Lipinski definition) is 5. The van der Waals surface area contributed by atoms with Crippen LogP contribution >= 0.6 is 11.3 Å². The monoisotopic (exact) mass is 399 g/mol. The number of hydrogen-bond donors (Lipinski definition) is 3. The predicted molar refractivity (Wildman–Crippen MR) is 115 cm³/mol. The molecule has 3 N–H and O–H groups in total. The van der Waals surface area contributed by atoms with E-state index in [0.29, 0.717) is 30.5 Å². The number of thiophene rings is 1. The quantitative estimate of drug-likeness (QED) is 0.420. The Balaban J connectivity index is 1.56. The van der Waals surface area contributed by atoms with Crippen molar-refractivity contribution in [1.29, 1.82) is 0 Å². The number of aliphatic imine (C=N–C) groups is 1. The summed E-state index contributed by atoms with van der Waals surface area (Å²) in [6, 6.07) is 15.9. The van der Waals surface area contributed by atoms with Crippen LogP contribution in [0.4, 0.5) is 0 Å². The van der Waals surface area contributed by atoms with Crippen molar-refractivity contribution in [1.82, 2.24) is 10.6 Å². The van der Waals surface area contributed by atoms with Gasteiger partial charge in [0.25, 0.3) is 0 Å². The molecule has 0 aliphatic carbocycles. The molecular formula is C21H25N3O3S. The fourth-order valence-corrected chi connectivity index (χ4v) is 3.91. The number of ether oxygens (including phenoxy) is 2. The predicted octanol–water partition coefficient (Wildman–Crippen LogP) is 3.32. The highest BCUT2D eigenvalue weighted by molar-refractivity contribution is 7.19. The fraction of sp³-hybridized carbons (Fsp3) is 0.286. The second kappa shape index (κ2) is 9.43. The molecule has 0 radical (unpaired) electrons. The zero-order valence-corrected chi connectivity index (χ0v) is 17.0. The molecule has 1 aromatic heterocycles. The van der Waals surface area contributed by atoms with E-state index in [-0.39, 0.29) is 0 Å². The number of guanidine groups is 1. The third-order valence-electron chi connectivity index (χ3n) is 4.37. The summed E-state index contributed by atoms with van der Waals surface area (Å²) in [5.74, 6) is 2.00. The molecule has 0 aliphatic rings. The topological polar surface area (TPSA) is 75.1 Å². The molecule has 7 heteroatoms. The minimum atomic E-state index is -0.600. The van der Waals surface area contributed by atoms with Crippen molar-refractivity contribution in [3.8, 4) is 11.5 Å². The average Bonchev–Trinajstić information content (AvgIpc) is 3.17. The lowest BCUT2D eigenvalue weighted by atomic mass is 10.2. The van der Waals surface area contributed by atoms with Crippen LogP contribution in [0.25, 0.3) is 10.1 Å². The summed E-state index contributed by atoms with van der Waals surface area (Å²) in [5, 5.41) is 18.1. The van der Waals surface area contributed by atoms with Crippen molar-refractivity contribution in [2.75, 3.05) is 27.8 Å². The van der Waals surface area contributed by atoms with Crippen LogP contribution in [0.3, 0.4) is 0 Å². The van der Waals surface area contributed by atoms with E-state index in [9.17, 15) is 5.11 Å². The van der Waals surface area contributed by atoms with Gasteiger partial charge in [0, 0.05) is 29.7 Å². The first-order valence-electron chi connectivity index (χ1n) is 8.96. The Hall–Kier alpha value is -2.77. The van der Waals surface area contributed by atoms with E-state index in [1.807, 2.05) is 36.4 Å². The summed E-state index contributed by atoms with van der Waals surface area (Å²) in [4.78, 5) is 5.15. The van der Waals surface area contributed by atoms with E-state index >= 15 is 0 Å². The first-order chi connectivity index (χ1) is 13.6. The van der Waals surface area contributed by atoms with Gasteiger partial charge >= 0.3 is 0 Å². The van der Waals surface area contributed by atoms with Crippen LogP contribution < -0.4 is 20.1 Å². The average molecular weight is 400 g/mol. The highest BCUT2D eigenvalue weighted by Crippen LogP contribution is 2.29. The molecule has 0 spiro atoms. The zero-order chi connectivity index (χ0) is 19.9. The molecule has 3 aromatic rings. The Kier molecular flexibility index (Phi) is 6.73. The van der Waals surface area contributed by atoms with E-state index in [0.717, 1.165) is 15.8 Å². The van der Waals surface area contributed by atoms with E-state index in [1.165, 1.54) is 4.70 Å². The molecule has 0 saturated heterocycles. The van der Waals surface area contributed by atoms with E-state index in [2.05, 4.69) is 27.8 Å². The second-order valence-electron chi connectivity index (χ2n) is 6.20. The minimum Gasteiger partial charge on any atom is -0.493 e. The Labute approximate surface area is 168 Å². The second-order valence-corrected chi connectivity index (χ2v) is 7.31. The highest BCUT2D eigenvalue weighted by Gasteiger charge is 2.12. The van der Waals surface area contributed by atoms with Gasteiger partial charge in [0.05, 0.1) is 14.2 Å². The summed E-state index contributed by atoms with van der Waals surface area (Å²) >= 11 is 1.61. The number of fused-ring (bicyclic) bond motifs is 1. The van der Waals surface area contributed by atoms with Crippen LogP contribution in [0.2, 0.25) is 0 Å². The number of rotatable bonds is 7. The molecule has 1 atom stereocenters. The third kappa shape index (κ3) is 4.74. The van der Waals surface area contributed by atoms with Gasteiger partial charge in [-0.3, -0.25) is 4.99 Å². The smallest absolute Gasteiger partial charge is 0.191 e. The summed E-state index contributed by atoms with van der Waals surface area (Å²) in [6.45, 7) is 0.942. The number of nitrogens with one attached hydrogen (secondary N) is 2. The first kappa shape index (κ1) is 20.0. The van der Waals surface area contributed by atoms with Crippen LogP contribution in [-0.2, 0) is 6.54 Å². The molecule has 28 heavy (non-hydrogen) atoms. The van der Waals surface area contributed by atoms with Crippen molar-refractivity contribution in [2.45, 2.75) is 12.6 Å². The van der Waals surface area contributed by atoms with Gasteiger partial charge in [-0.15, -0.1) is 11.3 Å². The van der Waals surface area contributed by atoms with E-state index < -0.39 is 6.10 Å². The Morgan fingerprint density at radius 3 is 2.57 bits per heavy atom. The van der Waals surface area contributed by atoms with Crippen LogP contribution in [0.15, 0.2) is 53.5 Å². The molecule has 0 aliphatic heterocycles. The normalized spacial score (nSPS) is 12.6. The van der Waals surface area contributed by atoms with Gasteiger partial charge < -0.3 is 25.2 Å². The molecule has 3 rings (SSSR count). The molecule has 6 nitrogen and oxygen atoms in total. The Bertz CT molecular complexity index is 922. The lowest BCUT2D eigenvalue weighted by Gasteiger charge is -2.15. The van der Waals surface area contributed by atoms with Crippen molar-refractivity contribution in [3.05, 3.63) is 59.0 Å². The molecule has 0 fully saturated rings. The number of benzene rings is 2. The highest BCUT2D eigenvalue weighted by atomic mass is 32.1. The van der Waals surface area contributed by atoms with Gasteiger partial charge in [-0.25, -0.2) is 0 Å². The summed E-state index contributed by atoms with van der Waals surface area (Å²) < 4.78 is 11.8. The molecular weight excluding hydrogens is 374 g/mol. The summed E-state index contributed by atoms with van der Waals surface area (Å²) in [5.41, 5.74) is 1.03. The molecule has 0 saturated carbocycles. The van der Waals surface area contributed by atoms with Crippen molar-refractivity contribution in [2.24, 2.45) is 4.99 Å². The summed E-state index contributed by atoms with van der Waals surface area (Å²) in [6.07, 6.45) is -0.600. The number of methoxy groups -OCH3 is 2. The first-order valence-corrected chi connectivity index (χ1v) is 9.78. The molecule has 0 bridgehead atoms. The fourth-order valence-electron chi connectivity index (χ4n) is 2.86. The summed E-state index contributed by atoms with van der Waals surface area (Å²) in [7, 11) is 4.93. The van der Waals surface area contributed by atoms with Gasteiger partial charge in [-0.2, -0.15) is 0 Å². The lowest BCUT2D eigenvalue weighted by Crippen LogP contribution is -2.38. The van der Waals surface area contributed by atoms with Crippen LogP contribution in [0.5, 0.6) is 11.5 Å². The van der Waals surface area contributed by atoms with Crippen molar-refractivity contribution < 1.29 is 14.6 Å². The largest absolute Gasteiger partial charge is 0.493 e. The Morgan fingerprint density at radius 2 is 1.86 bits per heavy atom. The van der Waals surface area contributed by atoms with E-state index in [4.69, 9.17) is 9.47 Å². The molecule has 1 unspecified atom stereocenters. The maximum Gasteiger partial charge on any atom is 0.191 e. The van der Waals surface area contributed by atoms with Crippen molar-refractivity contribution >= 4 is 27.4 Å².